The number of nitrogens with zero attached hydrogens (tertiary/aromatic N) is 2. The molecule has 1 unspecified atom stereocenters. The molecule has 2 N–H and O–H groups in total. The molecule has 2 rings (SSSR count). The van der Waals surface area contributed by atoms with Crippen LogP contribution in [0.1, 0.15) is 30.8 Å². The standard InChI is InChI=1S/C15H22N4O2/c1-11(16-8-4-5-15-17-10-18-19-15)13-7-6-12(20-2)9-14(13)21-3/h6-7,9-11,16H,4-5,8H2,1-3H3,(H,17,18,19). The zero-order chi connectivity index (χ0) is 15.1. The van der Waals surface area contributed by atoms with Crippen LogP contribution in [-0.4, -0.2) is 35.9 Å². The van der Waals surface area contributed by atoms with Crippen molar-refractivity contribution in [2.24, 2.45) is 0 Å². The Morgan fingerprint density at radius 2 is 2.14 bits per heavy atom. The average molecular weight is 290 g/mol. The van der Waals surface area contributed by atoms with Gasteiger partial charge >= 0.3 is 0 Å². The molecule has 1 heterocycles. The van der Waals surface area contributed by atoms with Gasteiger partial charge in [0.15, 0.2) is 0 Å². The van der Waals surface area contributed by atoms with Gasteiger partial charge in [0.2, 0.25) is 0 Å². The molecular weight excluding hydrogens is 268 g/mol. The van der Waals surface area contributed by atoms with E-state index in [0.29, 0.717) is 0 Å². The van der Waals surface area contributed by atoms with E-state index in [9.17, 15) is 0 Å². The Balaban J connectivity index is 1.86. The highest BCUT2D eigenvalue weighted by Crippen LogP contribution is 2.29. The van der Waals surface area contributed by atoms with E-state index in [4.69, 9.17) is 9.47 Å². The van der Waals surface area contributed by atoms with Crippen molar-refractivity contribution in [2.75, 3.05) is 20.8 Å². The van der Waals surface area contributed by atoms with Crippen LogP contribution >= 0.6 is 0 Å². The molecule has 0 saturated heterocycles. The number of nitrogens with one attached hydrogen (secondary N) is 2. The van der Waals surface area contributed by atoms with Crippen LogP contribution in [0.3, 0.4) is 0 Å². The van der Waals surface area contributed by atoms with Crippen LogP contribution in [0.15, 0.2) is 24.5 Å². The molecule has 0 aliphatic carbocycles. The van der Waals surface area contributed by atoms with Gasteiger partial charge in [-0.05, 0) is 26.0 Å². The minimum Gasteiger partial charge on any atom is -0.497 e. The first kappa shape index (κ1) is 15.3. The molecule has 1 aromatic carbocycles. The van der Waals surface area contributed by atoms with E-state index >= 15 is 0 Å². The second-order valence-electron chi connectivity index (χ2n) is 4.82. The summed E-state index contributed by atoms with van der Waals surface area (Å²) in [6.07, 6.45) is 3.42. The third kappa shape index (κ3) is 4.19. The van der Waals surface area contributed by atoms with Crippen LogP contribution in [-0.2, 0) is 6.42 Å². The molecule has 0 aliphatic heterocycles. The van der Waals surface area contributed by atoms with Gasteiger partial charge in [0.25, 0.3) is 0 Å². The number of aromatic amines is 1. The molecule has 0 saturated carbocycles. The van der Waals surface area contributed by atoms with Crippen molar-refractivity contribution in [1.82, 2.24) is 20.5 Å². The van der Waals surface area contributed by atoms with Crippen molar-refractivity contribution < 1.29 is 9.47 Å². The molecule has 0 fully saturated rings. The third-order valence-corrected chi connectivity index (χ3v) is 3.41. The fraction of sp³-hybridized carbons (Fsp3) is 0.467. The largest absolute Gasteiger partial charge is 0.497 e. The molecule has 114 valence electrons. The first-order valence-corrected chi connectivity index (χ1v) is 7.04. The number of hydrogen-bond acceptors (Lipinski definition) is 5. The summed E-state index contributed by atoms with van der Waals surface area (Å²) in [4.78, 5) is 4.11. The molecule has 0 amide bonds. The topological polar surface area (TPSA) is 72.1 Å². The summed E-state index contributed by atoms with van der Waals surface area (Å²) in [5.74, 6) is 2.56. The molecule has 0 spiro atoms. The first-order chi connectivity index (χ1) is 10.2. The number of H-pyrrole nitrogens is 1. The lowest BCUT2D eigenvalue weighted by molar-refractivity contribution is 0.385. The highest BCUT2D eigenvalue weighted by Gasteiger charge is 2.11. The molecule has 2 aromatic rings. The number of aromatic nitrogens is 3. The molecular formula is C15H22N4O2. The molecule has 6 nitrogen and oxygen atoms in total. The normalized spacial score (nSPS) is 12.1. The van der Waals surface area contributed by atoms with Gasteiger partial charge in [-0.25, -0.2) is 4.98 Å². The monoisotopic (exact) mass is 290 g/mol. The van der Waals surface area contributed by atoms with Gasteiger partial charge in [-0.2, -0.15) is 5.10 Å². The predicted octanol–water partition coefficient (Wildman–Crippen LogP) is 2.11. The Hall–Kier alpha value is -2.08. The van der Waals surface area contributed by atoms with Crippen LogP contribution in [0.25, 0.3) is 0 Å². The number of aryl methyl sites for hydroxylation is 1. The number of benzene rings is 1. The van der Waals surface area contributed by atoms with E-state index in [-0.39, 0.29) is 6.04 Å². The summed E-state index contributed by atoms with van der Waals surface area (Å²) < 4.78 is 10.6. The molecule has 6 heteroatoms. The van der Waals surface area contributed by atoms with Gasteiger partial charge in [-0.3, -0.25) is 5.10 Å². The van der Waals surface area contributed by atoms with Gasteiger partial charge in [0, 0.05) is 24.1 Å². The highest BCUT2D eigenvalue weighted by atomic mass is 16.5. The molecule has 1 atom stereocenters. The number of ether oxygens (including phenoxy) is 2. The van der Waals surface area contributed by atoms with Crippen LogP contribution in [0.5, 0.6) is 11.5 Å². The number of hydrogen-bond donors (Lipinski definition) is 2. The fourth-order valence-electron chi connectivity index (χ4n) is 2.21. The molecule has 1 aromatic heterocycles. The predicted molar refractivity (Wildman–Crippen MR) is 80.7 cm³/mol. The Kier molecular flexibility index (Phi) is 5.57. The van der Waals surface area contributed by atoms with Crippen molar-refractivity contribution in [2.45, 2.75) is 25.8 Å². The summed E-state index contributed by atoms with van der Waals surface area (Å²) in [6.45, 7) is 3.02. The zero-order valence-electron chi connectivity index (χ0n) is 12.7. The fourth-order valence-corrected chi connectivity index (χ4v) is 2.21. The zero-order valence-corrected chi connectivity index (χ0v) is 12.7. The van der Waals surface area contributed by atoms with Crippen molar-refractivity contribution in [3.8, 4) is 11.5 Å². The van der Waals surface area contributed by atoms with Gasteiger partial charge in [0.1, 0.15) is 23.7 Å². The highest BCUT2D eigenvalue weighted by molar-refractivity contribution is 5.42. The summed E-state index contributed by atoms with van der Waals surface area (Å²) in [7, 11) is 3.33. The first-order valence-electron chi connectivity index (χ1n) is 7.04. The van der Waals surface area contributed by atoms with E-state index in [0.717, 1.165) is 42.3 Å². The lowest BCUT2D eigenvalue weighted by Gasteiger charge is -2.18. The summed E-state index contributed by atoms with van der Waals surface area (Å²) in [6, 6.07) is 6.10. The minimum absolute atomic E-state index is 0.209. The van der Waals surface area contributed by atoms with Crippen LogP contribution in [0.4, 0.5) is 0 Å². The van der Waals surface area contributed by atoms with Crippen molar-refractivity contribution in [1.29, 1.82) is 0 Å². The van der Waals surface area contributed by atoms with Crippen molar-refractivity contribution >= 4 is 0 Å². The lowest BCUT2D eigenvalue weighted by Crippen LogP contribution is -2.21. The van der Waals surface area contributed by atoms with E-state index in [1.807, 2.05) is 18.2 Å². The Morgan fingerprint density at radius 3 is 2.81 bits per heavy atom. The van der Waals surface area contributed by atoms with Gasteiger partial charge in [-0.1, -0.05) is 6.07 Å². The maximum Gasteiger partial charge on any atom is 0.137 e. The lowest BCUT2D eigenvalue weighted by atomic mass is 10.1. The van der Waals surface area contributed by atoms with Crippen molar-refractivity contribution in [3.05, 3.63) is 35.9 Å². The van der Waals surface area contributed by atoms with Gasteiger partial charge < -0.3 is 14.8 Å². The van der Waals surface area contributed by atoms with E-state index < -0.39 is 0 Å². The SMILES string of the molecule is COc1ccc(C(C)NCCCc2ncn[nH]2)c(OC)c1. The van der Waals surface area contributed by atoms with Crippen LogP contribution < -0.4 is 14.8 Å². The quantitative estimate of drug-likeness (QED) is 0.729. The minimum atomic E-state index is 0.209. The van der Waals surface area contributed by atoms with Crippen molar-refractivity contribution in [3.63, 3.8) is 0 Å². The molecule has 0 radical (unpaired) electrons. The Morgan fingerprint density at radius 1 is 1.29 bits per heavy atom. The smallest absolute Gasteiger partial charge is 0.137 e. The summed E-state index contributed by atoms with van der Waals surface area (Å²) >= 11 is 0. The molecule has 21 heavy (non-hydrogen) atoms. The molecule has 0 bridgehead atoms. The van der Waals surface area contributed by atoms with Gasteiger partial charge in [-0.15, -0.1) is 0 Å². The molecule has 0 aliphatic rings. The Bertz CT molecular complexity index is 543. The maximum absolute atomic E-state index is 5.43. The summed E-state index contributed by atoms with van der Waals surface area (Å²) in [5.41, 5.74) is 1.12. The van der Waals surface area contributed by atoms with Crippen LogP contribution in [0, 0.1) is 0 Å². The van der Waals surface area contributed by atoms with Crippen LogP contribution in [0.2, 0.25) is 0 Å². The second kappa shape index (κ2) is 7.64. The number of methoxy groups -OCH3 is 2. The summed E-state index contributed by atoms with van der Waals surface area (Å²) in [5, 5.41) is 10.2. The number of rotatable bonds is 8. The maximum atomic E-state index is 5.43. The third-order valence-electron chi connectivity index (χ3n) is 3.41. The average Bonchev–Trinajstić information content (AvgIpc) is 3.04. The Labute approximate surface area is 124 Å². The van der Waals surface area contributed by atoms with Gasteiger partial charge in [0.05, 0.1) is 14.2 Å². The van der Waals surface area contributed by atoms with E-state index in [1.165, 1.54) is 6.33 Å². The van der Waals surface area contributed by atoms with E-state index in [1.54, 1.807) is 14.2 Å². The van der Waals surface area contributed by atoms with E-state index in [2.05, 4.69) is 27.4 Å². The second-order valence-corrected chi connectivity index (χ2v) is 4.82.